The summed E-state index contributed by atoms with van der Waals surface area (Å²) in [7, 11) is 1.77. The third-order valence-electron chi connectivity index (χ3n) is 3.20. The van der Waals surface area contributed by atoms with Crippen LogP contribution in [0.1, 0.15) is 51.9 Å². The molecule has 0 aromatic rings. The minimum atomic E-state index is -0.153. The third-order valence-corrected chi connectivity index (χ3v) is 3.20. The van der Waals surface area contributed by atoms with E-state index < -0.39 is 0 Å². The van der Waals surface area contributed by atoms with Crippen molar-refractivity contribution in [3.63, 3.8) is 0 Å². The van der Waals surface area contributed by atoms with Gasteiger partial charge in [-0.15, -0.1) is 0 Å². The van der Waals surface area contributed by atoms with Crippen LogP contribution in [0.5, 0.6) is 0 Å². The van der Waals surface area contributed by atoms with Crippen molar-refractivity contribution >= 4 is 0 Å². The molecule has 1 aliphatic carbocycles. The van der Waals surface area contributed by atoms with E-state index in [-0.39, 0.29) is 11.7 Å². The van der Waals surface area contributed by atoms with Crippen LogP contribution in [0.2, 0.25) is 0 Å². The Balaban J connectivity index is 2.21. The summed E-state index contributed by atoms with van der Waals surface area (Å²) in [5.74, 6) is 0. The van der Waals surface area contributed by atoms with Crippen LogP contribution in [0.15, 0.2) is 0 Å². The molecule has 0 heterocycles. The van der Waals surface area contributed by atoms with Gasteiger partial charge >= 0.3 is 0 Å². The number of hydrogen-bond acceptors (Lipinski definition) is 2. The van der Waals surface area contributed by atoms with E-state index in [0.29, 0.717) is 0 Å². The van der Waals surface area contributed by atoms with Crippen LogP contribution in [0.4, 0.5) is 0 Å². The molecule has 1 atom stereocenters. The molecule has 0 radical (unpaired) electrons. The highest BCUT2D eigenvalue weighted by atomic mass is 16.5. The largest absolute Gasteiger partial charge is 0.393 e. The van der Waals surface area contributed by atoms with Gasteiger partial charge < -0.3 is 9.84 Å². The van der Waals surface area contributed by atoms with Gasteiger partial charge in [0.2, 0.25) is 0 Å². The van der Waals surface area contributed by atoms with Crippen LogP contribution in [-0.4, -0.2) is 23.9 Å². The van der Waals surface area contributed by atoms with E-state index in [2.05, 4.69) is 6.92 Å². The first-order valence-electron chi connectivity index (χ1n) is 5.45. The van der Waals surface area contributed by atoms with E-state index in [4.69, 9.17) is 4.74 Å². The highest BCUT2D eigenvalue weighted by Crippen LogP contribution is 2.39. The summed E-state index contributed by atoms with van der Waals surface area (Å²) in [6.07, 6.45) is 7.43. The lowest BCUT2D eigenvalue weighted by atomic mass is 9.75. The fourth-order valence-electron chi connectivity index (χ4n) is 2.03. The topological polar surface area (TPSA) is 29.5 Å². The fourth-order valence-corrected chi connectivity index (χ4v) is 2.03. The molecule has 1 unspecified atom stereocenters. The van der Waals surface area contributed by atoms with Gasteiger partial charge in [-0.2, -0.15) is 0 Å². The first kappa shape index (κ1) is 11.0. The highest BCUT2D eigenvalue weighted by Gasteiger charge is 2.38. The van der Waals surface area contributed by atoms with Crippen molar-refractivity contribution in [2.24, 2.45) is 0 Å². The van der Waals surface area contributed by atoms with Crippen LogP contribution in [-0.2, 0) is 4.74 Å². The van der Waals surface area contributed by atoms with Crippen LogP contribution >= 0.6 is 0 Å². The van der Waals surface area contributed by atoms with E-state index in [9.17, 15) is 5.11 Å². The van der Waals surface area contributed by atoms with Crippen molar-refractivity contribution < 1.29 is 9.84 Å². The number of hydrogen-bond donors (Lipinski definition) is 1. The van der Waals surface area contributed by atoms with Gasteiger partial charge in [-0.25, -0.2) is 0 Å². The minimum Gasteiger partial charge on any atom is -0.393 e. The van der Waals surface area contributed by atoms with E-state index >= 15 is 0 Å². The van der Waals surface area contributed by atoms with Crippen molar-refractivity contribution in [2.45, 2.75) is 63.6 Å². The second kappa shape index (κ2) is 4.97. The predicted octanol–water partition coefficient (Wildman–Crippen LogP) is 2.50. The molecule has 13 heavy (non-hydrogen) atoms. The van der Waals surface area contributed by atoms with Gasteiger partial charge in [0.15, 0.2) is 0 Å². The molecule has 1 N–H and O–H groups in total. The Bertz CT molecular complexity index is 136. The maximum atomic E-state index is 9.73. The van der Waals surface area contributed by atoms with Gasteiger partial charge in [0.05, 0.1) is 11.7 Å². The van der Waals surface area contributed by atoms with Crippen LogP contribution in [0.3, 0.4) is 0 Å². The Morgan fingerprint density at radius 3 is 2.54 bits per heavy atom. The molecule has 0 aromatic carbocycles. The average Bonchev–Trinajstić information content (AvgIpc) is 2.08. The van der Waals surface area contributed by atoms with Crippen molar-refractivity contribution in [3.8, 4) is 0 Å². The van der Waals surface area contributed by atoms with Crippen molar-refractivity contribution in [1.82, 2.24) is 0 Å². The Morgan fingerprint density at radius 2 is 2.15 bits per heavy atom. The van der Waals surface area contributed by atoms with Gasteiger partial charge in [-0.1, -0.05) is 19.8 Å². The third kappa shape index (κ3) is 2.96. The van der Waals surface area contributed by atoms with Crippen molar-refractivity contribution in [2.75, 3.05) is 7.11 Å². The lowest BCUT2D eigenvalue weighted by Gasteiger charge is -2.41. The van der Waals surface area contributed by atoms with Gasteiger partial charge in [0.25, 0.3) is 0 Å². The molecule has 78 valence electrons. The standard InChI is InChI=1S/C11H22O2/c1-3-4-6-10(12)9-11(13-2)7-5-8-11/h10,12H,3-9H2,1-2H3. The summed E-state index contributed by atoms with van der Waals surface area (Å²) in [4.78, 5) is 0. The Morgan fingerprint density at radius 1 is 1.46 bits per heavy atom. The van der Waals surface area contributed by atoms with Crippen molar-refractivity contribution in [1.29, 1.82) is 0 Å². The van der Waals surface area contributed by atoms with Crippen LogP contribution in [0, 0.1) is 0 Å². The Labute approximate surface area is 81.3 Å². The summed E-state index contributed by atoms with van der Waals surface area (Å²) in [6.45, 7) is 2.15. The lowest BCUT2D eigenvalue weighted by molar-refractivity contribution is -0.100. The molecule has 1 aliphatic rings. The van der Waals surface area contributed by atoms with Gasteiger partial charge in [0, 0.05) is 13.5 Å². The van der Waals surface area contributed by atoms with E-state index in [1.54, 1.807) is 7.11 Å². The molecule has 0 saturated heterocycles. The molecule has 0 amide bonds. The smallest absolute Gasteiger partial charge is 0.0703 e. The normalized spacial score (nSPS) is 22.4. The molecule has 0 aliphatic heterocycles. The fraction of sp³-hybridized carbons (Fsp3) is 1.00. The second-order valence-electron chi connectivity index (χ2n) is 4.24. The molecular weight excluding hydrogens is 164 g/mol. The first-order valence-corrected chi connectivity index (χ1v) is 5.45. The van der Waals surface area contributed by atoms with Gasteiger partial charge in [-0.3, -0.25) is 0 Å². The number of ether oxygens (including phenoxy) is 1. The zero-order chi connectivity index (χ0) is 9.73. The second-order valence-corrected chi connectivity index (χ2v) is 4.24. The lowest BCUT2D eigenvalue weighted by Crippen LogP contribution is -2.42. The van der Waals surface area contributed by atoms with Crippen LogP contribution < -0.4 is 0 Å². The van der Waals surface area contributed by atoms with E-state index in [1.165, 1.54) is 6.42 Å². The number of aliphatic hydroxyl groups is 1. The molecule has 0 aromatic heterocycles. The number of methoxy groups -OCH3 is 1. The van der Waals surface area contributed by atoms with Crippen LogP contribution in [0.25, 0.3) is 0 Å². The average molecular weight is 186 g/mol. The van der Waals surface area contributed by atoms with E-state index in [0.717, 1.165) is 38.5 Å². The monoisotopic (exact) mass is 186 g/mol. The summed E-state index contributed by atoms with van der Waals surface area (Å²) >= 11 is 0. The molecule has 1 rings (SSSR count). The quantitative estimate of drug-likeness (QED) is 0.690. The summed E-state index contributed by atoms with van der Waals surface area (Å²) in [5.41, 5.74) is 0.0349. The zero-order valence-electron chi connectivity index (χ0n) is 8.88. The summed E-state index contributed by atoms with van der Waals surface area (Å²) in [6, 6.07) is 0. The molecule has 2 nitrogen and oxygen atoms in total. The van der Waals surface area contributed by atoms with Crippen molar-refractivity contribution in [3.05, 3.63) is 0 Å². The summed E-state index contributed by atoms with van der Waals surface area (Å²) in [5, 5.41) is 9.73. The maximum Gasteiger partial charge on any atom is 0.0703 e. The number of unbranched alkanes of at least 4 members (excludes halogenated alkanes) is 1. The molecule has 0 bridgehead atoms. The summed E-state index contributed by atoms with van der Waals surface area (Å²) < 4.78 is 5.46. The molecule has 1 fully saturated rings. The number of aliphatic hydroxyl groups excluding tert-OH is 1. The first-order chi connectivity index (χ1) is 6.22. The van der Waals surface area contributed by atoms with Gasteiger partial charge in [0.1, 0.15) is 0 Å². The minimum absolute atomic E-state index is 0.0349. The van der Waals surface area contributed by atoms with E-state index in [1.807, 2.05) is 0 Å². The molecule has 2 heteroatoms. The maximum absolute atomic E-state index is 9.73. The Hall–Kier alpha value is -0.0800. The molecule has 0 spiro atoms. The highest BCUT2D eigenvalue weighted by molar-refractivity contribution is 4.91. The zero-order valence-corrected chi connectivity index (χ0v) is 8.88. The molecule has 1 saturated carbocycles. The molecular formula is C11H22O2. The number of rotatable bonds is 6. The Kier molecular flexibility index (Phi) is 4.20. The van der Waals surface area contributed by atoms with Gasteiger partial charge in [-0.05, 0) is 25.7 Å². The predicted molar refractivity (Wildman–Crippen MR) is 53.7 cm³/mol. The SMILES string of the molecule is CCCCC(O)CC1(OC)CCC1.